The van der Waals surface area contributed by atoms with E-state index in [2.05, 4.69) is 0 Å². The van der Waals surface area contributed by atoms with E-state index >= 15 is 0 Å². The number of nitrogens with zero attached hydrogens (tertiary/aromatic N) is 1. The van der Waals surface area contributed by atoms with E-state index in [0.717, 1.165) is 38.0 Å². The SMILES string of the molecule is O=C(O)C1CSCCN1CC1(O)CCCC1. The molecular weight excluding hydrogens is 226 g/mol. The van der Waals surface area contributed by atoms with Crippen LogP contribution in [0.15, 0.2) is 0 Å². The summed E-state index contributed by atoms with van der Waals surface area (Å²) < 4.78 is 0. The molecule has 0 spiro atoms. The van der Waals surface area contributed by atoms with Crippen LogP contribution < -0.4 is 0 Å². The Bertz CT molecular complexity index is 266. The molecule has 1 unspecified atom stereocenters. The largest absolute Gasteiger partial charge is 0.480 e. The van der Waals surface area contributed by atoms with Gasteiger partial charge in [-0.25, -0.2) is 0 Å². The summed E-state index contributed by atoms with van der Waals surface area (Å²) in [5, 5.41) is 19.4. The maximum Gasteiger partial charge on any atom is 0.321 e. The molecule has 5 heteroatoms. The number of carbonyl (C=O) groups is 1. The lowest BCUT2D eigenvalue weighted by molar-refractivity contribution is -0.143. The lowest BCUT2D eigenvalue weighted by atomic mass is 10.0. The number of thioether (sulfide) groups is 1. The number of aliphatic carboxylic acids is 1. The molecule has 1 saturated heterocycles. The predicted molar refractivity (Wildman–Crippen MR) is 63.7 cm³/mol. The minimum atomic E-state index is -0.756. The Kier molecular flexibility index (Phi) is 3.77. The average Bonchev–Trinajstić information content (AvgIpc) is 2.65. The molecule has 0 aromatic heterocycles. The van der Waals surface area contributed by atoms with Crippen molar-refractivity contribution in [1.29, 1.82) is 0 Å². The van der Waals surface area contributed by atoms with Crippen molar-refractivity contribution in [1.82, 2.24) is 4.90 Å². The van der Waals surface area contributed by atoms with Gasteiger partial charge in [0.05, 0.1) is 5.60 Å². The summed E-state index contributed by atoms with van der Waals surface area (Å²) in [5.41, 5.74) is -0.629. The van der Waals surface area contributed by atoms with Gasteiger partial charge in [0.15, 0.2) is 0 Å². The molecule has 92 valence electrons. The van der Waals surface area contributed by atoms with Crippen LogP contribution in [-0.4, -0.2) is 57.3 Å². The Morgan fingerprint density at radius 1 is 1.44 bits per heavy atom. The van der Waals surface area contributed by atoms with Crippen LogP contribution in [0.2, 0.25) is 0 Å². The molecule has 0 bridgehead atoms. The first-order chi connectivity index (χ1) is 7.61. The van der Waals surface area contributed by atoms with E-state index in [9.17, 15) is 9.90 Å². The van der Waals surface area contributed by atoms with E-state index in [1.165, 1.54) is 0 Å². The monoisotopic (exact) mass is 245 g/mol. The number of carboxylic acids is 1. The van der Waals surface area contributed by atoms with Crippen LogP contribution in [0.3, 0.4) is 0 Å². The van der Waals surface area contributed by atoms with E-state index < -0.39 is 17.6 Å². The highest BCUT2D eigenvalue weighted by molar-refractivity contribution is 7.99. The Morgan fingerprint density at radius 3 is 2.75 bits per heavy atom. The third kappa shape index (κ3) is 2.70. The number of β-amino-alcohol motifs (C(OH)–C–C–N with tert-alkyl or cyclic N) is 1. The molecule has 0 aromatic carbocycles. The number of hydrogen-bond acceptors (Lipinski definition) is 4. The van der Waals surface area contributed by atoms with Crippen LogP contribution in [0, 0.1) is 0 Å². The van der Waals surface area contributed by atoms with Crippen LogP contribution >= 0.6 is 11.8 Å². The van der Waals surface area contributed by atoms with Gasteiger partial charge >= 0.3 is 5.97 Å². The van der Waals surface area contributed by atoms with Crippen LogP contribution in [0.1, 0.15) is 25.7 Å². The van der Waals surface area contributed by atoms with Crippen molar-refractivity contribution in [2.45, 2.75) is 37.3 Å². The molecule has 1 heterocycles. The molecule has 1 saturated carbocycles. The van der Waals surface area contributed by atoms with Crippen molar-refractivity contribution in [2.24, 2.45) is 0 Å². The first kappa shape index (κ1) is 12.2. The Hall–Kier alpha value is -0.260. The van der Waals surface area contributed by atoms with Gasteiger partial charge in [-0.1, -0.05) is 12.8 Å². The second-order valence-electron chi connectivity index (χ2n) is 4.83. The summed E-state index contributed by atoms with van der Waals surface area (Å²) in [6, 6.07) is -0.414. The summed E-state index contributed by atoms with van der Waals surface area (Å²) in [6.45, 7) is 1.31. The highest BCUT2D eigenvalue weighted by atomic mass is 32.2. The molecule has 4 nitrogen and oxygen atoms in total. The van der Waals surface area contributed by atoms with Gasteiger partial charge in [-0.15, -0.1) is 0 Å². The summed E-state index contributed by atoms with van der Waals surface area (Å²) in [6.07, 6.45) is 3.78. The third-order valence-electron chi connectivity index (χ3n) is 3.56. The van der Waals surface area contributed by atoms with Crippen molar-refractivity contribution >= 4 is 17.7 Å². The van der Waals surface area contributed by atoms with Gasteiger partial charge in [-0.2, -0.15) is 11.8 Å². The highest BCUT2D eigenvalue weighted by Crippen LogP contribution is 2.31. The maximum atomic E-state index is 11.1. The van der Waals surface area contributed by atoms with Crippen molar-refractivity contribution in [3.05, 3.63) is 0 Å². The topological polar surface area (TPSA) is 60.8 Å². The zero-order valence-corrected chi connectivity index (χ0v) is 10.2. The van der Waals surface area contributed by atoms with Crippen molar-refractivity contribution < 1.29 is 15.0 Å². The Labute approximate surface area is 100 Å². The molecule has 2 N–H and O–H groups in total. The molecule has 1 atom stereocenters. The smallest absolute Gasteiger partial charge is 0.321 e. The van der Waals surface area contributed by atoms with Crippen molar-refractivity contribution in [2.75, 3.05) is 24.6 Å². The van der Waals surface area contributed by atoms with E-state index in [0.29, 0.717) is 12.3 Å². The number of hydrogen-bond donors (Lipinski definition) is 2. The highest BCUT2D eigenvalue weighted by Gasteiger charge is 2.37. The van der Waals surface area contributed by atoms with Gasteiger partial charge in [0, 0.05) is 24.6 Å². The number of aliphatic hydroxyl groups is 1. The van der Waals surface area contributed by atoms with Gasteiger partial charge in [0.25, 0.3) is 0 Å². The quantitative estimate of drug-likeness (QED) is 0.770. The fourth-order valence-corrected chi connectivity index (χ4v) is 3.73. The molecule has 2 rings (SSSR count). The summed E-state index contributed by atoms with van der Waals surface area (Å²) in [7, 11) is 0. The minimum absolute atomic E-state index is 0.414. The van der Waals surface area contributed by atoms with Crippen LogP contribution in [0.5, 0.6) is 0 Å². The molecule has 2 fully saturated rings. The second kappa shape index (κ2) is 4.94. The fourth-order valence-electron chi connectivity index (χ4n) is 2.62. The van der Waals surface area contributed by atoms with E-state index in [1.807, 2.05) is 4.90 Å². The first-order valence-electron chi connectivity index (χ1n) is 5.88. The van der Waals surface area contributed by atoms with Crippen molar-refractivity contribution in [3.63, 3.8) is 0 Å². The molecule has 0 aromatic rings. The van der Waals surface area contributed by atoms with Gasteiger partial charge in [0.1, 0.15) is 6.04 Å². The second-order valence-corrected chi connectivity index (χ2v) is 5.98. The number of rotatable bonds is 3. The Balaban J connectivity index is 1.98. The molecule has 0 radical (unpaired) electrons. The lowest BCUT2D eigenvalue weighted by Crippen LogP contribution is -2.53. The average molecular weight is 245 g/mol. The third-order valence-corrected chi connectivity index (χ3v) is 4.58. The number of carboxylic acid groups (broad SMARTS) is 1. The van der Waals surface area contributed by atoms with E-state index in [4.69, 9.17) is 5.11 Å². The molecule has 16 heavy (non-hydrogen) atoms. The summed E-state index contributed by atoms with van der Waals surface area (Å²) in [5.74, 6) is 0.861. The first-order valence-corrected chi connectivity index (χ1v) is 7.03. The zero-order valence-electron chi connectivity index (χ0n) is 9.39. The molecule has 0 amide bonds. The lowest BCUT2D eigenvalue weighted by Gasteiger charge is -2.37. The normalized spacial score (nSPS) is 30.4. The summed E-state index contributed by atoms with van der Waals surface area (Å²) >= 11 is 1.69. The van der Waals surface area contributed by atoms with Crippen LogP contribution in [-0.2, 0) is 4.79 Å². The van der Waals surface area contributed by atoms with Gasteiger partial charge < -0.3 is 10.2 Å². The molecule has 1 aliphatic heterocycles. The zero-order chi connectivity index (χ0) is 11.6. The van der Waals surface area contributed by atoms with Gasteiger partial charge in [0.2, 0.25) is 0 Å². The van der Waals surface area contributed by atoms with Gasteiger partial charge in [-0.05, 0) is 12.8 Å². The minimum Gasteiger partial charge on any atom is -0.480 e. The molecule has 2 aliphatic rings. The van der Waals surface area contributed by atoms with Crippen LogP contribution in [0.4, 0.5) is 0 Å². The standard InChI is InChI=1S/C11H19NO3S/c13-10(14)9-7-16-6-5-12(9)8-11(15)3-1-2-4-11/h9,15H,1-8H2,(H,13,14). The molecule has 1 aliphatic carbocycles. The van der Waals surface area contributed by atoms with Crippen LogP contribution in [0.25, 0.3) is 0 Å². The van der Waals surface area contributed by atoms with E-state index in [-0.39, 0.29) is 0 Å². The van der Waals surface area contributed by atoms with Gasteiger partial charge in [-0.3, -0.25) is 9.69 Å². The maximum absolute atomic E-state index is 11.1. The van der Waals surface area contributed by atoms with Crippen molar-refractivity contribution in [3.8, 4) is 0 Å². The fraction of sp³-hybridized carbons (Fsp3) is 0.909. The summed E-state index contributed by atoms with van der Waals surface area (Å²) in [4.78, 5) is 13.1. The predicted octanol–water partition coefficient (Wildman–Crippen LogP) is 0.793. The Morgan fingerprint density at radius 2 is 2.12 bits per heavy atom. The van der Waals surface area contributed by atoms with E-state index in [1.54, 1.807) is 11.8 Å². The molecular formula is C11H19NO3S.